The molecule has 3 heterocycles. The zero-order valence-corrected chi connectivity index (χ0v) is 16.8. The highest BCUT2D eigenvalue weighted by Crippen LogP contribution is 2.31. The number of likely N-dealkylation sites (N-methyl/N-ethyl adjacent to an activating group) is 1. The summed E-state index contributed by atoms with van der Waals surface area (Å²) < 4.78 is 13.7. The van der Waals surface area contributed by atoms with Crippen molar-refractivity contribution in [3.8, 4) is 11.5 Å². The highest BCUT2D eigenvalue weighted by Gasteiger charge is 2.25. The van der Waals surface area contributed by atoms with Gasteiger partial charge in [-0.1, -0.05) is 26.0 Å². The van der Waals surface area contributed by atoms with Gasteiger partial charge in [0.25, 0.3) is 5.91 Å². The van der Waals surface area contributed by atoms with Crippen LogP contribution in [0.1, 0.15) is 41.8 Å². The predicted molar refractivity (Wildman–Crippen MR) is 107 cm³/mol. The number of hydrogen-bond acceptors (Lipinski definition) is 5. The topological polar surface area (TPSA) is 85.3 Å². The van der Waals surface area contributed by atoms with E-state index in [9.17, 15) is 4.79 Å². The third-order valence-electron chi connectivity index (χ3n) is 4.85. The van der Waals surface area contributed by atoms with Gasteiger partial charge in [0.2, 0.25) is 0 Å². The van der Waals surface area contributed by atoms with Crippen molar-refractivity contribution in [2.45, 2.75) is 32.4 Å². The van der Waals surface area contributed by atoms with Crippen LogP contribution in [0, 0.1) is 0 Å². The molecule has 1 aromatic carbocycles. The van der Waals surface area contributed by atoms with Crippen molar-refractivity contribution in [1.82, 2.24) is 24.6 Å². The molecule has 1 aliphatic heterocycles. The molecular formula is C21H25N5O3. The van der Waals surface area contributed by atoms with Crippen molar-refractivity contribution in [3.05, 3.63) is 59.9 Å². The van der Waals surface area contributed by atoms with Crippen molar-refractivity contribution in [3.63, 3.8) is 0 Å². The number of H-pyrrole nitrogens is 1. The first kappa shape index (κ1) is 19.0. The smallest absolute Gasteiger partial charge is 0.274 e. The number of rotatable bonds is 6. The minimum atomic E-state index is -0.225. The van der Waals surface area contributed by atoms with Gasteiger partial charge >= 0.3 is 0 Å². The molecule has 0 radical (unpaired) electrons. The minimum Gasteiger partial charge on any atom is -0.486 e. The van der Waals surface area contributed by atoms with Crippen LogP contribution in [0.3, 0.4) is 0 Å². The third-order valence-corrected chi connectivity index (χ3v) is 4.85. The Morgan fingerprint density at radius 2 is 2.14 bits per heavy atom. The number of amides is 1. The second kappa shape index (κ2) is 7.98. The highest BCUT2D eigenvalue weighted by molar-refractivity contribution is 5.92. The zero-order chi connectivity index (χ0) is 20.4. The van der Waals surface area contributed by atoms with Crippen LogP contribution in [-0.4, -0.2) is 56.9 Å². The van der Waals surface area contributed by atoms with E-state index in [-0.39, 0.29) is 12.0 Å². The molecule has 0 bridgehead atoms. The van der Waals surface area contributed by atoms with Crippen LogP contribution in [0.4, 0.5) is 0 Å². The number of aromatic amines is 1. The SMILES string of the molecule is CC(C)c1nccn1Cc1cc(C(=O)N(C)C[C@@H]2COc3ccccc3O2)n[nH]1. The van der Waals surface area contributed by atoms with E-state index in [2.05, 4.69) is 33.6 Å². The number of ether oxygens (including phenoxy) is 2. The van der Waals surface area contributed by atoms with Gasteiger partial charge in [0.05, 0.1) is 18.8 Å². The van der Waals surface area contributed by atoms with Gasteiger partial charge in [-0.15, -0.1) is 0 Å². The summed E-state index contributed by atoms with van der Waals surface area (Å²) in [6.07, 6.45) is 3.50. The summed E-state index contributed by atoms with van der Waals surface area (Å²) in [5, 5.41) is 7.16. The van der Waals surface area contributed by atoms with E-state index < -0.39 is 0 Å². The lowest BCUT2D eigenvalue weighted by Crippen LogP contribution is -2.41. The van der Waals surface area contributed by atoms with Crippen LogP contribution >= 0.6 is 0 Å². The fourth-order valence-corrected chi connectivity index (χ4v) is 3.43. The Hall–Kier alpha value is -3.29. The summed E-state index contributed by atoms with van der Waals surface area (Å²) in [4.78, 5) is 18.8. The molecule has 0 fully saturated rings. The van der Waals surface area contributed by atoms with Gasteiger partial charge in [0.15, 0.2) is 17.6 Å². The molecule has 3 aromatic rings. The maximum atomic E-state index is 12.8. The first-order valence-corrected chi connectivity index (χ1v) is 9.70. The van der Waals surface area contributed by atoms with Gasteiger partial charge in [-0.3, -0.25) is 9.89 Å². The molecular weight excluding hydrogens is 370 g/mol. The van der Waals surface area contributed by atoms with E-state index in [0.29, 0.717) is 37.1 Å². The molecule has 0 spiro atoms. The number of nitrogens with zero attached hydrogens (tertiary/aromatic N) is 4. The summed E-state index contributed by atoms with van der Waals surface area (Å²) >= 11 is 0. The summed E-state index contributed by atoms with van der Waals surface area (Å²) in [5.74, 6) is 2.59. The van der Waals surface area contributed by atoms with E-state index in [1.54, 1.807) is 24.2 Å². The van der Waals surface area contributed by atoms with E-state index in [1.807, 2.05) is 30.5 Å². The molecule has 29 heavy (non-hydrogen) atoms. The Bertz CT molecular complexity index is 994. The number of fused-ring (bicyclic) bond motifs is 1. The van der Waals surface area contributed by atoms with Crippen LogP contribution in [0.5, 0.6) is 11.5 Å². The molecule has 152 valence electrons. The lowest BCUT2D eigenvalue weighted by molar-refractivity contribution is 0.0517. The number of carbonyl (C=O) groups excluding carboxylic acids is 1. The quantitative estimate of drug-likeness (QED) is 0.694. The molecule has 0 unspecified atom stereocenters. The number of hydrogen-bond donors (Lipinski definition) is 1. The van der Waals surface area contributed by atoms with Gasteiger partial charge in [0.1, 0.15) is 18.1 Å². The van der Waals surface area contributed by atoms with E-state index in [0.717, 1.165) is 17.3 Å². The second-order valence-electron chi connectivity index (χ2n) is 7.53. The first-order chi connectivity index (χ1) is 14.0. The number of nitrogens with one attached hydrogen (secondary N) is 1. The molecule has 1 aliphatic rings. The van der Waals surface area contributed by atoms with Gasteiger partial charge in [-0.25, -0.2) is 4.98 Å². The molecule has 1 amide bonds. The van der Waals surface area contributed by atoms with Crippen LogP contribution in [0.25, 0.3) is 0 Å². The fraction of sp³-hybridized carbons (Fsp3) is 0.381. The highest BCUT2D eigenvalue weighted by atomic mass is 16.6. The van der Waals surface area contributed by atoms with Crippen molar-refractivity contribution in [2.24, 2.45) is 0 Å². The molecule has 1 N–H and O–H groups in total. The number of imidazole rings is 1. The third kappa shape index (κ3) is 4.11. The molecule has 0 saturated heterocycles. The lowest BCUT2D eigenvalue weighted by Gasteiger charge is -2.29. The van der Waals surface area contributed by atoms with Crippen LogP contribution in [-0.2, 0) is 6.54 Å². The molecule has 8 heteroatoms. The average molecular weight is 395 g/mol. The summed E-state index contributed by atoms with van der Waals surface area (Å²) in [6, 6.07) is 9.33. The van der Waals surface area contributed by atoms with Crippen LogP contribution in [0.2, 0.25) is 0 Å². The molecule has 1 atom stereocenters. The molecule has 0 saturated carbocycles. The Morgan fingerprint density at radius 1 is 1.34 bits per heavy atom. The number of aromatic nitrogens is 4. The Morgan fingerprint density at radius 3 is 2.93 bits per heavy atom. The molecule has 2 aromatic heterocycles. The van der Waals surface area contributed by atoms with Gasteiger partial charge in [-0.2, -0.15) is 5.10 Å². The largest absolute Gasteiger partial charge is 0.486 e. The standard InChI is InChI=1S/C21H25N5O3/c1-14(2)20-22-8-9-26(20)11-15-10-17(24-23-15)21(27)25(3)12-16-13-28-18-6-4-5-7-19(18)29-16/h4-10,14,16H,11-13H2,1-3H3,(H,23,24)/t16-/m1/s1. The first-order valence-electron chi connectivity index (χ1n) is 9.70. The summed E-state index contributed by atoms with van der Waals surface area (Å²) in [6.45, 7) is 5.61. The van der Waals surface area contributed by atoms with Gasteiger partial charge in [0, 0.05) is 25.4 Å². The van der Waals surface area contributed by atoms with E-state index in [4.69, 9.17) is 9.47 Å². The number of carbonyl (C=O) groups is 1. The number of benzene rings is 1. The Kier molecular flexibility index (Phi) is 5.24. The van der Waals surface area contributed by atoms with E-state index >= 15 is 0 Å². The van der Waals surface area contributed by atoms with Crippen LogP contribution in [0.15, 0.2) is 42.7 Å². The van der Waals surface area contributed by atoms with Crippen LogP contribution < -0.4 is 9.47 Å². The summed E-state index contributed by atoms with van der Waals surface area (Å²) in [7, 11) is 1.74. The fourth-order valence-electron chi connectivity index (χ4n) is 3.43. The van der Waals surface area contributed by atoms with Crippen molar-refractivity contribution in [2.75, 3.05) is 20.2 Å². The van der Waals surface area contributed by atoms with Crippen molar-refractivity contribution >= 4 is 5.91 Å². The van der Waals surface area contributed by atoms with Crippen molar-refractivity contribution in [1.29, 1.82) is 0 Å². The monoisotopic (exact) mass is 395 g/mol. The average Bonchev–Trinajstić information content (AvgIpc) is 3.37. The minimum absolute atomic E-state index is 0.162. The van der Waals surface area contributed by atoms with Gasteiger partial charge < -0.3 is 18.9 Å². The summed E-state index contributed by atoms with van der Waals surface area (Å²) in [5.41, 5.74) is 1.23. The second-order valence-corrected chi connectivity index (χ2v) is 7.53. The maximum Gasteiger partial charge on any atom is 0.274 e. The Labute approximate surface area is 169 Å². The molecule has 4 rings (SSSR count). The number of para-hydroxylation sites is 2. The van der Waals surface area contributed by atoms with Gasteiger partial charge in [-0.05, 0) is 18.2 Å². The van der Waals surface area contributed by atoms with Crippen molar-refractivity contribution < 1.29 is 14.3 Å². The lowest BCUT2D eigenvalue weighted by atomic mass is 10.2. The zero-order valence-electron chi connectivity index (χ0n) is 16.8. The maximum absolute atomic E-state index is 12.8. The molecule has 0 aliphatic carbocycles. The normalized spacial score (nSPS) is 15.5. The molecule has 8 nitrogen and oxygen atoms in total. The Balaban J connectivity index is 1.38. The predicted octanol–water partition coefficient (Wildman–Crippen LogP) is 2.69. The van der Waals surface area contributed by atoms with E-state index in [1.165, 1.54) is 0 Å².